The van der Waals surface area contributed by atoms with E-state index in [4.69, 9.17) is 4.42 Å². The fourth-order valence-corrected chi connectivity index (χ4v) is 1.89. The van der Waals surface area contributed by atoms with Gasteiger partial charge in [-0.1, -0.05) is 42.5 Å². The minimum atomic E-state index is 0. The zero-order valence-corrected chi connectivity index (χ0v) is 10.3. The molecule has 18 heavy (non-hydrogen) atoms. The summed E-state index contributed by atoms with van der Waals surface area (Å²) in [4.78, 5) is 12.3. The van der Waals surface area contributed by atoms with Gasteiger partial charge in [0.2, 0.25) is 0 Å². The van der Waals surface area contributed by atoms with E-state index in [-0.39, 0.29) is 17.8 Å². The molecule has 0 saturated carbocycles. The van der Waals surface area contributed by atoms with E-state index >= 15 is 0 Å². The van der Waals surface area contributed by atoms with Gasteiger partial charge < -0.3 is 4.42 Å². The Hall–Kier alpha value is -2.06. The maximum Gasteiger partial charge on any atom is 0.200 e. The molecule has 3 rings (SSSR count). The molecule has 0 aliphatic rings. The molecule has 0 unspecified atom stereocenters. The largest absolute Gasteiger partial charge is 0.463 e. The number of para-hydroxylation sites is 1. The van der Waals surface area contributed by atoms with Crippen molar-refractivity contribution in [1.29, 1.82) is 0 Å². The smallest absolute Gasteiger partial charge is 0.200 e. The fraction of sp³-hybridized carbons (Fsp3) is 0. The van der Waals surface area contributed by atoms with Gasteiger partial charge in [-0.2, -0.15) is 0 Å². The van der Waals surface area contributed by atoms with Crippen LogP contribution in [0.5, 0.6) is 0 Å². The highest BCUT2D eigenvalue weighted by atomic mass is 35.5. The Morgan fingerprint density at radius 3 is 2.28 bits per heavy atom. The summed E-state index contributed by atoms with van der Waals surface area (Å²) in [5, 5.41) is 0.619. The van der Waals surface area contributed by atoms with Gasteiger partial charge >= 0.3 is 0 Å². The van der Waals surface area contributed by atoms with Gasteiger partial charge in [-0.3, -0.25) is 4.79 Å². The SMILES string of the molecule is Cl.O=c1c(-c2ccccc2)coc2ccccc12. The van der Waals surface area contributed by atoms with Crippen molar-refractivity contribution >= 4 is 23.4 Å². The van der Waals surface area contributed by atoms with Crippen LogP contribution in [-0.4, -0.2) is 0 Å². The topological polar surface area (TPSA) is 30.2 Å². The highest BCUT2D eigenvalue weighted by Gasteiger charge is 2.07. The van der Waals surface area contributed by atoms with Gasteiger partial charge in [0.1, 0.15) is 11.8 Å². The third-order valence-electron chi connectivity index (χ3n) is 2.76. The van der Waals surface area contributed by atoms with Gasteiger partial charge in [-0.05, 0) is 17.7 Å². The molecule has 0 bridgehead atoms. The summed E-state index contributed by atoms with van der Waals surface area (Å²) < 4.78 is 5.48. The molecule has 0 saturated heterocycles. The molecular weight excluding hydrogens is 248 g/mol. The van der Waals surface area contributed by atoms with Gasteiger partial charge in [-0.25, -0.2) is 0 Å². The molecule has 3 aromatic rings. The Balaban J connectivity index is 0.00000120. The molecule has 1 aromatic heterocycles. The second-order valence-corrected chi connectivity index (χ2v) is 3.84. The van der Waals surface area contributed by atoms with Crippen molar-refractivity contribution in [2.45, 2.75) is 0 Å². The maximum absolute atomic E-state index is 12.3. The minimum Gasteiger partial charge on any atom is -0.463 e. The lowest BCUT2D eigenvalue weighted by Crippen LogP contribution is -2.04. The summed E-state index contributed by atoms with van der Waals surface area (Å²) in [6, 6.07) is 16.8. The molecule has 0 N–H and O–H groups in total. The van der Waals surface area contributed by atoms with Crippen molar-refractivity contribution in [1.82, 2.24) is 0 Å². The first kappa shape index (κ1) is 12.4. The first-order valence-corrected chi connectivity index (χ1v) is 5.42. The first-order valence-electron chi connectivity index (χ1n) is 5.42. The molecule has 0 spiro atoms. The van der Waals surface area contributed by atoms with Crippen molar-refractivity contribution in [2.75, 3.05) is 0 Å². The Bertz CT molecular complexity index is 717. The average molecular weight is 259 g/mol. The average Bonchev–Trinajstić information content (AvgIpc) is 2.40. The molecule has 0 aliphatic carbocycles. The first-order chi connectivity index (χ1) is 8.36. The molecule has 2 aromatic carbocycles. The molecule has 2 nitrogen and oxygen atoms in total. The van der Waals surface area contributed by atoms with Gasteiger partial charge in [0.25, 0.3) is 0 Å². The predicted molar refractivity (Wildman–Crippen MR) is 75.2 cm³/mol. The van der Waals surface area contributed by atoms with E-state index in [0.717, 1.165) is 5.56 Å². The number of hydrogen-bond acceptors (Lipinski definition) is 2. The predicted octanol–water partition coefficient (Wildman–Crippen LogP) is 3.88. The van der Waals surface area contributed by atoms with Crippen LogP contribution >= 0.6 is 12.4 Å². The van der Waals surface area contributed by atoms with Crippen LogP contribution in [0, 0.1) is 0 Å². The highest BCUT2D eigenvalue weighted by molar-refractivity contribution is 5.85. The van der Waals surface area contributed by atoms with Gasteiger partial charge in [0, 0.05) is 0 Å². The Morgan fingerprint density at radius 2 is 1.50 bits per heavy atom. The molecule has 0 radical (unpaired) electrons. The fourth-order valence-electron chi connectivity index (χ4n) is 1.89. The van der Waals surface area contributed by atoms with E-state index in [2.05, 4.69) is 0 Å². The van der Waals surface area contributed by atoms with Crippen molar-refractivity contribution in [3.8, 4) is 11.1 Å². The summed E-state index contributed by atoms with van der Waals surface area (Å²) in [7, 11) is 0. The molecule has 1 heterocycles. The molecule has 0 atom stereocenters. The number of halogens is 1. The molecule has 0 fully saturated rings. The quantitative estimate of drug-likeness (QED) is 0.663. The number of fused-ring (bicyclic) bond motifs is 1. The van der Waals surface area contributed by atoms with E-state index in [1.165, 1.54) is 6.26 Å². The normalized spacial score (nSPS) is 10.0. The van der Waals surface area contributed by atoms with Crippen LogP contribution in [0.3, 0.4) is 0 Å². The summed E-state index contributed by atoms with van der Waals surface area (Å²) in [6.07, 6.45) is 1.53. The van der Waals surface area contributed by atoms with Gasteiger partial charge in [-0.15, -0.1) is 12.4 Å². The Labute approximate surface area is 110 Å². The van der Waals surface area contributed by atoms with Crippen LogP contribution in [0.25, 0.3) is 22.1 Å². The lowest BCUT2D eigenvalue weighted by atomic mass is 10.1. The Morgan fingerprint density at radius 1 is 0.833 bits per heavy atom. The van der Waals surface area contributed by atoms with E-state index in [9.17, 15) is 4.79 Å². The summed E-state index contributed by atoms with van der Waals surface area (Å²) in [6.45, 7) is 0. The molecule has 0 amide bonds. The van der Waals surface area contributed by atoms with Crippen molar-refractivity contribution in [3.63, 3.8) is 0 Å². The third-order valence-corrected chi connectivity index (χ3v) is 2.76. The molecule has 3 heteroatoms. The van der Waals surface area contributed by atoms with Crippen molar-refractivity contribution in [2.24, 2.45) is 0 Å². The number of hydrogen-bond donors (Lipinski definition) is 0. The van der Waals surface area contributed by atoms with Crippen LogP contribution in [0.1, 0.15) is 0 Å². The van der Waals surface area contributed by atoms with E-state index < -0.39 is 0 Å². The standard InChI is InChI=1S/C15H10O2.ClH/c16-15-12-8-4-5-9-14(12)17-10-13(15)11-6-2-1-3-7-11;/h1-10H;1H. The van der Waals surface area contributed by atoms with Gasteiger partial charge in [0.05, 0.1) is 10.9 Å². The van der Waals surface area contributed by atoms with Gasteiger partial charge in [0.15, 0.2) is 5.43 Å². The van der Waals surface area contributed by atoms with E-state index in [1.54, 1.807) is 12.1 Å². The second kappa shape index (κ2) is 5.07. The second-order valence-electron chi connectivity index (χ2n) is 3.84. The van der Waals surface area contributed by atoms with Crippen LogP contribution < -0.4 is 5.43 Å². The van der Waals surface area contributed by atoms with Crippen LogP contribution in [0.4, 0.5) is 0 Å². The van der Waals surface area contributed by atoms with Crippen LogP contribution in [0.15, 0.2) is 70.1 Å². The zero-order chi connectivity index (χ0) is 11.7. The third kappa shape index (κ3) is 2.03. The van der Waals surface area contributed by atoms with Crippen LogP contribution in [-0.2, 0) is 0 Å². The van der Waals surface area contributed by atoms with E-state index in [1.807, 2.05) is 42.5 Å². The number of rotatable bonds is 1. The summed E-state index contributed by atoms with van der Waals surface area (Å²) in [5.74, 6) is 0. The summed E-state index contributed by atoms with van der Waals surface area (Å²) in [5.41, 5.74) is 2.12. The zero-order valence-electron chi connectivity index (χ0n) is 9.50. The van der Waals surface area contributed by atoms with Crippen molar-refractivity contribution < 1.29 is 4.42 Å². The van der Waals surface area contributed by atoms with Crippen molar-refractivity contribution in [3.05, 3.63) is 71.1 Å². The lowest BCUT2D eigenvalue weighted by molar-refractivity contribution is 0.604. The summed E-state index contributed by atoms with van der Waals surface area (Å²) >= 11 is 0. The monoisotopic (exact) mass is 258 g/mol. The Kier molecular flexibility index (Phi) is 3.49. The molecule has 90 valence electrons. The number of benzene rings is 2. The molecule has 0 aliphatic heterocycles. The maximum atomic E-state index is 12.3. The minimum absolute atomic E-state index is 0. The highest BCUT2D eigenvalue weighted by Crippen LogP contribution is 2.18. The van der Waals surface area contributed by atoms with Crippen LogP contribution in [0.2, 0.25) is 0 Å². The molecular formula is C15H11ClO2. The van der Waals surface area contributed by atoms with E-state index in [0.29, 0.717) is 16.5 Å². The lowest BCUT2D eigenvalue weighted by Gasteiger charge is -2.01.